The monoisotopic (exact) mass is 253 g/mol. The lowest BCUT2D eigenvalue weighted by Crippen LogP contribution is -2.36. The molecule has 4 nitrogen and oxygen atoms in total. The zero-order valence-corrected chi connectivity index (χ0v) is 11.3. The van der Waals surface area contributed by atoms with Crippen molar-refractivity contribution in [2.75, 3.05) is 20.3 Å². The van der Waals surface area contributed by atoms with Crippen LogP contribution in [-0.2, 0) is 0 Å². The van der Waals surface area contributed by atoms with Crippen LogP contribution in [0.3, 0.4) is 0 Å². The fraction of sp³-hybridized carbons (Fsp3) is 0.571. The molecule has 0 fully saturated rings. The summed E-state index contributed by atoms with van der Waals surface area (Å²) in [5.74, 6) is 1.46. The van der Waals surface area contributed by atoms with Crippen LogP contribution >= 0.6 is 0 Å². The summed E-state index contributed by atoms with van der Waals surface area (Å²) < 4.78 is 10.6. The predicted molar refractivity (Wildman–Crippen MR) is 72.3 cm³/mol. The molecule has 0 saturated heterocycles. The number of aliphatic hydroxyl groups excluding tert-OH is 1. The molecule has 0 heterocycles. The van der Waals surface area contributed by atoms with Crippen molar-refractivity contribution in [1.82, 2.24) is 5.32 Å². The van der Waals surface area contributed by atoms with Crippen molar-refractivity contribution >= 4 is 0 Å². The van der Waals surface area contributed by atoms with E-state index in [1.165, 1.54) is 0 Å². The van der Waals surface area contributed by atoms with Crippen LogP contribution in [-0.4, -0.2) is 37.5 Å². The topological polar surface area (TPSA) is 50.7 Å². The molecule has 2 unspecified atom stereocenters. The first-order valence-corrected chi connectivity index (χ1v) is 6.34. The van der Waals surface area contributed by atoms with Gasteiger partial charge >= 0.3 is 0 Å². The molecule has 2 N–H and O–H groups in total. The second-order valence-corrected chi connectivity index (χ2v) is 4.36. The van der Waals surface area contributed by atoms with Crippen LogP contribution in [0.15, 0.2) is 24.3 Å². The van der Waals surface area contributed by atoms with Gasteiger partial charge in [-0.1, -0.05) is 13.0 Å². The van der Waals surface area contributed by atoms with Crippen molar-refractivity contribution in [3.05, 3.63) is 24.3 Å². The van der Waals surface area contributed by atoms with E-state index in [0.717, 1.165) is 12.2 Å². The minimum atomic E-state index is -0.509. The van der Waals surface area contributed by atoms with E-state index in [-0.39, 0.29) is 6.61 Å². The van der Waals surface area contributed by atoms with Gasteiger partial charge in [0.05, 0.1) is 7.11 Å². The summed E-state index contributed by atoms with van der Waals surface area (Å²) in [6.07, 6.45) is 0.536. The fourth-order valence-corrected chi connectivity index (χ4v) is 1.42. The van der Waals surface area contributed by atoms with Crippen LogP contribution < -0.4 is 14.8 Å². The number of aliphatic hydroxyl groups is 1. The van der Waals surface area contributed by atoms with E-state index >= 15 is 0 Å². The van der Waals surface area contributed by atoms with E-state index in [9.17, 15) is 5.11 Å². The zero-order chi connectivity index (χ0) is 13.4. The smallest absolute Gasteiger partial charge is 0.123 e. The summed E-state index contributed by atoms with van der Waals surface area (Å²) in [6, 6.07) is 7.77. The van der Waals surface area contributed by atoms with Crippen LogP contribution in [0.2, 0.25) is 0 Å². The van der Waals surface area contributed by atoms with Gasteiger partial charge in [0.2, 0.25) is 0 Å². The molecular formula is C14H23NO3. The summed E-state index contributed by atoms with van der Waals surface area (Å²) in [7, 11) is 1.62. The van der Waals surface area contributed by atoms with Crippen LogP contribution in [0.5, 0.6) is 11.5 Å². The molecule has 0 radical (unpaired) electrons. The lowest BCUT2D eigenvalue weighted by atomic mass is 10.2. The van der Waals surface area contributed by atoms with Crippen molar-refractivity contribution in [2.45, 2.75) is 32.4 Å². The summed E-state index contributed by atoms with van der Waals surface area (Å²) in [5.41, 5.74) is 0. The Morgan fingerprint density at radius 3 is 2.72 bits per heavy atom. The molecule has 18 heavy (non-hydrogen) atoms. The van der Waals surface area contributed by atoms with Crippen LogP contribution in [0.1, 0.15) is 20.3 Å². The molecule has 0 aliphatic carbocycles. The van der Waals surface area contributed by atoms with Crippen molar-refractivity contribution < 1.29 is 14.6 Å². The standard InChI is InChI=1S/C14H23NO3/c1-4-11(2)15-9-12(16)10-18-14-7-5-6-13(8-14)17-3/h5-8,11-12,15-16H,4,9-10H2,1-3H3. The number of nitrogens with one attached hydrogen (secondary N) is 1. The van der Waals surface area contributed by atoms with Gasteiger partial charge in [-0.05, 0) is 25.5 Å². The molecule has 0 spiro atoms. The number of rotatable bonds is 8. The van der Waals surface area contributed by atoms with Gasteiger partial charge in [0.15, 0.2) is 0 Å². The maximum absolute atomic E-state index is 9.76. The average molecular weight is 253 g/mol. The summed E-state index contributed by atoms with van der Waals surface area (Å²) in [6.45, 7) is 5.02. The highest BCUT2D eigenvalue weighted by Crippen LogP contribution is 2.18. The molecule has 0 aliphatic rings. The largest absolute Gasteiger partial charge is 0.497 e. The summed E-state index contributed by atoms with van der Waals surface area (Å²) in [5, 5.41) is 13.0. The SMILES string of the molecule is CCC(C)NCC(O)COc1cccc(OC)c1. The molecular weight excluding hydrogens is 230 g/mol. The lowest BCUT2D eigenvalue weighted by molar-refractivity contribution is 0.104. The molecule has 0 amide bonds. The first-order chi connectivity index (χ1) is 8.65. The number of hydrogen-bond donors (Lipinski definition) is 2. The molecule has 1 aromatic rings. The van der Waals surface area contributed by atoms with Gasteiger partial charge in [-0.25, -0.2) is 0 Å². The van der Waals surface area contributed by atoms with Crippen LogP contribution in [0.4, 0.5) is 0 Å². The number of benzene rings is 1. The molecule has 1 aromatic carbocycles. The van der Waals surface area contributed by atoms with Gasteiger partial charge in [0, 0.05) is 18.7 Å². The molecule has 102 valence electrons. The maximum Gasteiger partial charge on any atom is 0.123 e. The van der Waals surface area contributed by atoms with E-state index in [0.29, 0.717) is 18.3 Å². The normalized spacial score (nSPS) is 14.0. The Balaban J connectivity index is 2.30. The highest BCUT2D eigenvalue weighted by atomic mass is 16.5. The lowest BCUT2D eigenvalue weighted by Gasteiger charge is -2.16. The van der Waals surface area contributed by atoms with Crippen molar-refractivity contribution in [2.24, 2.45) is 0 Å². The molecule has 4 heteroatoms. The van der Waals surface area contributed by atoms with Gasteiger partial charge in [0.1, 0.15) is 24.2 Å². The molecule has 0 bridgehead atoms. The van der Waals surface area contributed by atoms with Gasteiger partial charge in [-0.15, -0.1) is 0 Å². The Kier molecular flexibility index (Phi) is 6.54. The van der Waals surface area contributed by atoms with Gasteiger partial charge < -0.3 is 19.9 Å². The average Bonchev–Trinajstić information content (AvgIpc) is 2.42. The van der Waals surface area contributed by atoms with E-state index in [2.05, 4.69) is 19.2 Å². The maximum atomic E-state index is 9.76. The van der Waals surface area contributed by atoms with Crippen LogP contribution in [0, 0.1) is 0 Å². The quantitative estimate of drug-likeness (QED) is 0.742. The Bertz CT molecular complexity index is 344. The Morgan fingerprint density at radius 1 is 1.33 bits per heavy atom. The van der Waals surface area contributed by atoms with E-state index < -0.39 is 6.10 Å². The minimum Gasteiger partial charge on any atom is -0.497 e. The molecule has 0 aliphatic heterocycles. The first-order valence-electron chi connectivity index (χ1n) is 6.34. The summed E-state index contributed by atoms with van der Waals surface area (Å²) >= 11 is 0. The first kappa shape index (κ1) is 14.8. The zero-order valence-electron chi connectivity index (χ0n) is 11.3. The third kappa shape index (κ3) is 5.38. The second-order valence-electron chi connectivity index (χ2n) is 4.36. The number of hydrogen-bond acceptors (Lipinski definition) is 4. The van der Waals surface area contributed by atoms with Crippen molar-refractivity contribution in [3.8, 4) is 11.5 Å². The second kappa shape index (κ2) is 7.95. The summed E-state index contributed by atoms with van der Waals surface area (Å²) in [4.78, 5) is 0. The van der Waals surface area contributed by atoms with Gasteiger partial charge in [0.25, 0.3) is 0 Å². The van der Waals surface area contributed by atoms with E-state index in [4.69, 9.17) is 9.47 Å². The van der Waals surface area contributed by atoms with Gasteiger partial charge in [-0.2, -0.15) is 0 Å². The Morgan fingerprint density at radius 2 is 2.06 bits per heavy atom. The molecule has 1 rings (SSSR count). The minimum absolute atomic E-state index is 0.274. The van der Waals surface area contributed by atoms with Crippen LogP contribution in [0.25, 0.3) is 0 Å². The van der Waals surface area contributed by atoms with E-state index in [1.54, 1.807) is 13.2 Å². The number of methoxy groups -OCH3 is 1. The Labute approximate surface area is 109 Å². The van der Waals surface area contributed by atoms with E-state index in [1.807, 2.05) is 18.2 Å². The van der Waals surface area contributed by atoms with Crippen molar-refractivity contribution in [1.29, 1.82) is 0 Å². The predicted octanol–water partition coefficient (Wildman–Crippen LogP) is 1.82. The third-order valence-electron chi connectivity index (χ3n) is 2.80. The van der Waals surface area contributed by atoms with Crippen molar-refractivity contribution in [3.63, 3.8) is 0 Å². The number of ether oxygens (including phenoxy) is 2. The highest BCUT2D eigenvalue weighted by Gasteiger charge is 2.07. The Hall–Kier alpha value is -1.26. The van der Waals surface area contributed by atoms with Gasteiger partial charge in [-0.3, -0.25) is 0 Å². The molecule has 0 aromatic heterocycles. The highest BCUT2D eigenvalue weighted by molar-refractivity contribution is 5.32. The molecule has 2 atom stereocenters. The molecule has 0 saturated carbocycles. The fourth-order valence-electron chi connectivity index (χ4n) is 1.42. The third-order valence-corrected chi connectivity index (χ3v) is 2.80.